The first-order valence-corrected chi connectivity index (χ1v) is 8.02. The number of hydrogen-bond donors (Lipinski definition) is 1. The van der Waals surface area contributed by atoms with E-state index in [0.29, 0.717) is 0 Å². The molecule has 0 heterocycles. The largest absolute Gasteiger partial charge is 0.362 e. The molecule has 24 heavy (non-hydrogen) atoms. The van der Waals surface area contributed by atoms with E-state index in [-0.39, 0.29) is 0 Å². The van der Waals surface area contributed by atoms with Crippen LogP contribution in [-0.2, 0) is 0 Å². The van der Waals surface area contributed by atoms with Crippen molar-refractivity contribution in [3.8, 4) is 0 Å². The minimum Gasteiger partial charge on any atom is -0.362 e. The van der Waals surface area contributed by atoms with Gasteiger partial charge >= 0.3 is 0 Å². The third kappa shape index (κ3) is 5.62. The standard InChI is InChI=1S/C23H23N/c1-3-10-21(22-14-8-9-15-22)18-19-24-23(11-4-2)17-16-20-12-6-5-7-13-20/h3-8,10-19,24H,1-2,9H2/b17-16?,19-18+,21-10+,23-11+. The summed E-state index contributed by atoms with van der Waals surface area (Å²) in [5, 5.41) is 3.30. The van der Waals surface area contributed by atoms with E-state index < -0.39 is 0 Å². The van der Waals surface area contributed by atoms with Gasteiger partial charge in [0.2, 0.25) is 0 Å². The van der Waals surface area contributed by atoms with Crippen molar-refractivity contribution in [2.75, 3.05) is 0 Å². The van der Waals surface area contributed by atoms with Gasteiger partial charge in [0.1, 0.15) is 0 Å². The van der Waals surface area contributed by atoms with Gasteiger partial charge < -0.3 is 5.32 Å². The summed E-state index contributed by atoms with van der Waals surface area (Å²) in [4.78, 5) is 0. The molecule has 0 amide bonds. The van der Waals surface area contributed by atoms with Gasteiger partial charge in [0.25, 0.3) is 0 Å². The number of benzene rings is 1. The van der Waals surface area contributed by atoms with Crippen LogP contribution in [0.25, 0.3) is 6.08 Å². The molecule has 0 aliphatic heterocycles. The van der Waals surface area contributed by atoms with Crippen LogP contribution in [0.2, 0.25) is 0 Å². The Kier molecular flexibility index (Phi) is 7.10. The Hall–Kier alpha value is -3.06. The van der Waals surface area contributed by atoms with Crippen LogP contribution in [0.1, 0.15) is 12.0 Å². The maximum atomic E-state index is 3.79. The second kappa shape index (κ2) is 9.86. The zero-order valence-electron chi connectivity index (χ0n) is 13.9. The second-order valence-corrected chi connectivity index (χ2v) is 5.23. The Labute approximate surface area is 145 Å². The first-order chi connectivity index (χ1) is 11.8. The quantitative estimate of drug-likeness (QED) is 0.592. The predicted molar refractivity (Wildman–Crippen MR) is 106 cm³/mol. The summed E-state index contributed by atoms with van der Waals surface area (Å²) in [5.74, 6) is 0. The van der Waals surface area contributed by atoms with Crippen LogP contribution in [0.15, 0.2) is 121 Å². The van der Waals surface area contributed by atoms with Crippen LogP contribution >= 0.6 is 0 Å². The summed E-state index contributed by atoms with van der Waals surface area (Å²) in [6, 6.07) is 10.2. The molecule has 0 saturated heterocycles. The van der Waals surface area contributed by atoms with E-state index in [4.69, 9.17) is 0 Å². The van der Waals surface area contributed by atoms with Gasteiger partial charge in [0.05, 0.1) is 0 Å². The fourth-order valence-electron chi connectivity index (χ4n) is 2.30. The summed E-state index contributed by atoms with van der Waals surface area (Å²) < 4.78 is 0. The van der Waals surface area contributed by atoms with E-state index in [1.807, 2.05) is 48.7 Å². The van der Waals surface area contributed by atoms with Gasteiger partial charge in [-0.2, -0.15) is 0 Å². The monoisotopic (exact) mass is 313 g/mol. The lowest BCUT2D eigenvalue weighted by molar-refractivity contribution is 1.11. The predicted octanol–water partition coefficient (Wildman–Crippen LogP) is 5.87. The van der Waals surface area contributed by atoms with Crippen LogP contribution in [0.3, 0.4) is 0 Å². The minimum absolute atomic E-state index is 0.971. The van der Waals surface area contributed by atoms with Gasteiger partial charge in [-0.1, -0.05) is 86.0 Å². The fourth-order valence-corrected chi connectivity index (χ4v) is 2.30. The van der Waals surface area contributed by atoms with Crippen molar-refractivity contribution in [1.82, 2.24) is 5.32 Å². The minimum atomic E-state index is 0.971. The van der Waals surface area contributed by atoms with Crippen molar-refractivity contribution in [2.45, 2.75) is 6.42 Å². The van der Waals surface area contributed by atoms with Gasteiger partial charge in [-0.15, -0.1) is 0 Å². The maximum Gasteiger partial charge on any atom is 0.0379 e. The van der Waals surface area contributed by atoms with Crippen LogP contribution in [0, 0.1) is 0 Å². The van der Waals surface area contributed by atoms with Gasteiger partial charge in [-0.25, -0.2) is 0 Å². The molecule has 120 valence electrons. The summed E-state index contributed by atoms with van der Waals surface area (Å²) in [6.45, 7) is 7.56. The highest BCUT2D eigenvalue weighted by Gasteiger charge is 2.00. The van der Waals surface area contributed by atoms with Crippen molar-refractivity contribution in [3.05, 3.63) is 127 Å². The average molecular weight is 313 g/mol. The fraction of sp³-hybridized carbons (Fsp3) is 0.0435. The molecule has 0 saturated carbocycles. The smallest absolute Gasteiger partial charge is 0.0379 e. The van der Waals surface area contributed by atoms with E-state index in [2.05, 4.69) is 61.0 Å². The zero-order chi connectivity index (χ0) is 17.0. The molecule has 0 aromatic heterocycles. The summed E-state index contributed by atoms with van der Waals surface area (Å²) in [6.07, 6.45) is 23.1. The third-order valence-electron chi connectivity index (χ3n) is 3.47. The maximum absolute atomic E-state index is 3.79. The Morgan fingerprint density at radius 1 is 1.00 bits per heavy atom. The second-order valence-electron chi connectivity index (χ2n) is 5.23. The third-order valence-corrected chi connectivity index (χ3v) is 3.47. The Morgan fingerprint density at radius 2 is 1.79 bits per heavy atom. The van der Waals surface area contributed by atoms with Crippen molar-refractivity contribution >= 4 is 6.08 Å². The molecule has 0 atom stereocenters. The zero-order valence-corrected chi connectivity index (χ0v) is 13.9. The molecule has 0 radical (unpaired) electrons. The SMILES string of the molecule is C=C/C=C(\C=Cc1ccccc1)N/C=C/C(=C\C=C)C1=CCC=C1. The molecule has 0 bridgehead atoms. The molecule has 0 spiro atoms. The molecule has 1 heteroatoms. The normalized spacial score (nSPS) is 15.1. The topological polar surface area (TPSA) is 12.0 Å². The number of hydrogen-bond acceptors (Lipinski definition) is 1. The van der Waals surface area contributed by atoms with E-state index in [0.717, 1.165) is 23.3 Å². The van der Waals surface area contributed by atoms with Gasteiger partial charge in [0.15, 0.2) is 0 Å². The van der Waals surface area contributed by atoms with Gasteiger partial charge in [-0.05, 0) is 41.4 Å². The molecule has 1 aromatic rings. The molecular formula is C23H23N. The number of allylic oxidation sites excluding steroid dienone is 11. The first-order valence-electron chi connectivity index (χ1n) is 8.02. The van der Waals surface area contributed by atoms with E-state index in [1.54, 1.807) is 6.08 Å². The molecule has 1 N–H and O–H groups in total. The summed E-state index contributed by atoms with van der Waals surface area (Å²) >= 11 is 0. The molecule has 1 nitrogen and oxygen atoms in total. The number of nitrogens with one attached hydrogen (secondary N) is 1. The Bertz CT molecular complexity index is 737. The van der Waals surface area contributed by atoms with Crippen LogP contribution in [0.4, 0.5) is 0 Å². The van der Waals surface area contributed by atoms with Crippen molar-refractivity contribution < 1.29 is 0 Å². The molecule has 1 aliphatic rings. The summed E-state index contributed by atoms with van der Waals surface area (Å²) in [7, 11) is 0. The number of rotatable bonds is 8. The lowest BCUT2D eigenvalue weighted by Crippen LogP contribution is -2.02. The highest BCUT2D eigenvalue weighted by Crippen LogP contribution is 2.19. The molecule has 1 aliphatic carbocycles. The Morgan fingerprint density at radius 3 is 2.46 bits per heavy atom. The highest BCUT2D eigenvalue weighted by molar-refractivity contribution is 5.53. The van der Waals surface area contributed by atoms with E-state index in [1.165, 1.54) is 5.57 Å². The van der Waals surface area contributed by atoms with Crippen LogP contribution in [0.5, 0.6) is 0 Å². The molecule has 0 unspecified atom stereocenters. The molecule has 1 aromatic carbocycles. The van der Waals surface area contributed by atoms with Crippen molar-refractivity contribution in [1.29, 1.82) is 0 Å². The molecular weight excluding hydrogens is 290 g/mol. The van der Waals surface area contributed by atoms with Gasteiger partial charge in [-0.3, -0.25) is 0 Å². The first kappa shape index (κ1) is 17.3. The van der Waals surface area contributed by atoms with E-state index in [9.17, 15) is 0 Å². The summed E-state index contributed by atoms with van der Waals surface area (Å²) in [5.41, 5.74) is 4.49. The van der Waals surface area contributed by atoms with E-state index >= 15 is 0 Å². The molecule has 0 fully saturated rings. The average Bonchev–Trinajstić information content (AvgIpc) is 3.14. The van der Waals surface area contributed by atoms with Crippen molar-refractivity contribution in [2.24, 2.45) is 0 Å². The lowest BCUT2D eigenvalue weighted by atomic mass is 10.1. The van der Waals surface area contributed by atoms with Crippen LogP contribution < -0.4 is 5.32 Å². The highest BCUT2D eigenvalue weighted by atomic mass is 14.8. The Balaban J connectivity index is 2.05. The van der Waals surface area contributed by atoms with Crippen molar-refractivity contribution in [3.63, 3.8) is 0 Å². The molecule has 2 rings (SSSR count). The lowest BCUT2D eigenvalue weighted by Gasteiger charge is -2.03. The van der Waals surface area contributed by atoms with Crippen LogP contribution in [-0.4, -0.2) is 0 Å². The van der Waals surface area contributed by atoms with Gasteiger partial charge in [0, 0.05) is 11.9 Å².